The molecule has 0 aliphatic heterocycles. The Morgan fingerprint density at radius 2 is 2.00 bits per heavy atom. The summed E-state index contributed by atoms with van der Waals surface area (Å²) in [4.78, 5) is 22.2. The van der Waals surface area contributed by atoms with E-state index in [4.69, 9.17) is 9.26 Å². The molecule has 0 radical (unpaired) electrons. The van der Waals surface area contributed by atoms with Crippen LogP contribution in [0.15, 0.2) is 33.7 Å². The fraction of sp³-hybridized carbons (Fsp3) is 0.375. The van der Waals surface area contributed by atoms with Crippen LogP contribution in [0.2, 0.25) is 0 Å². The normalized spacial score (nSPS) is 11.4. The van der Waals surface area contributed by atoms with Gasteiger partial charge in [0.1, 0.15) is 5.76 Å². The number of carbonyl (C=O) groups is 1. The highest BCUT2D eigenvalue weighted by Gasteiger charge is 2.26. The highest BCUT2D eigenvalue weighted by molar-refractivity contribution is 7.89. The van der Waals surface area contributed by atoms with Gasteiger partial charge in [0, 0.05) is 25.2 Å². The molecule has 152 valence electrons. The molecule has 12 heteroatoms. The summed E-state index contributed by atoms with van der Waals surface area (Å²) in [5.41, 5.74) is -0.557. The molecule has 2 rings (SSSR count). The predicted octanol–water partition coefficient (Wildman–Crippen LogP) is 1.94. The molecule has 11 nitrogen and oxygen atoms in total. The Morgan fingerprint density at radius 1 is 1.32 bits per heavy atom. The Morgan fingerprint density at radius 3 is 2.54 bits per heavy atom. The lowest BCUT2D eigenvalue weighted by atomic mass is 10.3. The predicted molar refractivity (Wildman–Crippen MR) is 98.6 cm³/mol. The number of amides is 1. The largest absolute Gasteiger partial charge is 0.477 e. The van der Waals surface area contributed by atoms with E-state index in [0.717, 1.165) is 12.1 Å². The number of anilines is 1. The van der Waals surface area contributed by atoms with Gasteiger partial charge in [-0.05, 0) is 19.1 Å². The van der Waals surface area contributed by atoms with Gasteiger partial charge in [-0.15, -0.1) is 0 Å². The Kier molecular flexibility index (Phi) is 6.70. The number of aryl methyl sites for hydroxylation is 1. The molecule has 1 amide bonds. The molecular weight excluding hydrogens is 392 g/mol. The van der Waals surface area contributed by atoms with Crippen LogP contribution >= 0.6 is 0 Å². The van der Waals surface area contributed by atoms with Crippen molar-refractivity contribution in [1.82, 2.24) is 9.46 Å². The number of hydrogen-bond donors (Lipinski definition) is 1. The van der Waals surface area contributed by atoms with Crippen LogP contribution < -0.4 is 10.1 Å². The molecule has 1 heterocycles. The van der Waals surface area contributed by atoms with Crippen molar-refractivity contribution in [3.63, 3.8) is 0 Å². The first-order valence-corrected chi connectivity index (χ1v) is 9.77. The number of nitrogens with zero attached hydrogens (tertiary/aromatic N) is 3. The maximum absolute atomic E-state index is 12.5. The minimum atomic E-state index is -3.87. The molecule has 0 unspecified atom stereocenters. The zero-order chi connectivity index (χ0) is 20.9. The van der Waals surface area contributed by atoms with Gasteiger partial charge in [0.05, 0.1) is 9.82 Å². The molecule has 2 aromatic rings. The van der Waals surface area contributed by atoms with Gasteiger partial charge in [-0.2, -0.15) is 4.31 Å². The third kappa shape index (κ3) is 4.84. The van der Waals surface area contributed by atoms with Crippen molar-refractivity contribution in [2.45, 2.75) is 25.7 Å². The van der Waals surface area contributed by atoms with Crippen LogP contribution in [-0.2, 0) is 14.8 Å². The van der Waals surface area contributed by atoms with E-state index in [9.17, 15) is 23.3 Å². The molecule has 0 fully saturated rings. The van der Waals surface area contributed by atoms with E-state index in [1.54, 1.807) is 20.8 Å². The summed E-state index contributed by atoms with van der Waals surface area (Å²) < 4.78 is 36.3. The molecule has 0 aliphatic rings. The van der Waals surface area contributed by atoms with Crippen LogP contribution in [-0.4, -0.2) is 48.4 Å². The molecule has 1 aromatic carbocycles. The van der Waals surface area contributed by atoms with Crippen molar-refractivity contribution in [3.8, 4) is 5.75 Å². The van der Waals surface area contributed by atoms with Crippen LogP contribution in [0.3, 0.4) is 0 Å². The number of benzene rings is 1. The van der Waals surface area contributed by atoms with Crippen molar-refractivity contribution < 1.29 is 27.4 Å². The Hall–Kier alpha value is -2.99. The van der Waals surface area contributed by atoms with Gasteiger partial charge in [0.15, 0.2) is 18.2 Å². The van der Waals surface area contributed by atoms with E-state index >= 15 is 0 Å². The maximum atomic E-state index is 12.5. The number of nitro benzene ring substituents is 1. The summed E-state index contributed by atoms with van der Waals surface area (Å²) in [6, 6.07) is 4.77. The average Bonchev–Trinajstić information content (AvgIpc) is 3.05. The molecule has 0 saturated carbocycles. The third-order valence-electron chi connectivity index (χ3n) is 3.72. The van der Waals surface area contributed by atoms with E-state index in [0.29, 0.717) is 5.76 Å². The van der Waals surface area contributed by atoms with Crippen LogP contribution in [0.25, 0.3) is 0 Å². The number of sulfonamides is 1. The molecule has 1 N–H and O–H groups in total. The minimum Gasteiger partial charge on any atom is -0.477 e. The molecular formula is C16H20N4O7S. The fourth-order valence-corrected chi connectivity index (χ4v) is 3.86. The quantitative estimate of drug-likeness (QED) is 0.486. The van der Waals surface area contributed by atoms with Gasteiger partial charge in [0.25, 0.3) is 5.91 Å². The van der Waals surface area contributed by atoms with Crippen LogP contribution in [0.5, 0.6) is 5.75 Å². The summed E-state index contributed by atoms with van der Waals surface area (Å²) in [7, 11) is -3.87. The maximum Gasteiger partial charge on any atom is 0.312 e. The average molecular weight is 412 g/mol. The van der Waals surface area contributed by atoms with E-state index < -0.39 is 33.1 Å². The first-order valence-electron chi connectivity index (χ1n) is 8.33. The van der Waals surface area contributed by atoms with Crippen LogP contribution in [0.1, 0.15) is 19.6 Å². The molecule has 28 heavy (non-hydrogen) atoms. The monoisotopic (exact) mass is 412 g/mol. The summed E-state index contributed by atoms with van der Waals surface area (Å²) in [5.74, 6) is -0.157. The summed E-state index contributed by atoms with van der Waals surface area (Å²) in [6.07, 6.45) is 0. The molecule has 0 bridgehead atoms. The first-order chi connectivity index (χ1) is 13.2. The summed E-state index contributed by atoms with van der Waals surface area (Å²) >= 11 is 0. The number of ether oxygens (including phenoxy) is 1. The van der Waals surface area contributed by atoms with E-state index in [-0.39, 0.29) is 29.6 Å². The Balaban J connectivity index is 2.19. The lowest BCUT2D eigenvalue weighted by Crippen LogP contribution is -2.30. The van der Waals surface area contributed by atoms with Crippen molar-refractivity contribution in [1.29, 1.82) is 0 Å². The standard InChI is InChI=1S/C16H20N4O7S/c1-4-19(5-2)28(24,25)12-6-7-14(13(9-12)20(22)23)26-10-16(21)17-15-8-11(3)27-18-15/h6-9H,4-5,10H2,1-3H3,(H,17,18,21). The highest BCUT2D eigenvalue weighted by atomic mass is 32.2. The van der Waals surface area contributed by atoms with Gasteiger partial charge in [-0.3, -0.25) is 14.9 Å². The number of rotatable bonds is 9. The highest BCUT2D eigenvalue weighted by Crippen LogP contribution is 2.31. The number of carbonyl (C=O) groups excluding carboxylic acids is 1. The topological polar surface area (TPSA) is 145 Å². The number of hydrogen-bond acceptors (Lipinski definition) is 8. The second-order valence-corrected chi connectivity index (χ2v) is 7.57. The number of nitro groups is 1. The van der Waals surface area contributed by atoms with Crippen molar-refractivity contribution in [3.05, 3.63) is 40.1 Å². The second kappa shape index (κ2) is 8.80. The van der Waals surface area contributed by atoms with Crippen LogP contribution in [0, 0.1) is 17.0 Å². The zero-order valence-electron chi connectivity index (χ0n) is 15.5. The Bertz CT molecular complexity index is 967. The molecule has 1 aromatic heterocycles. The van der Waals surface area contributed by atoms with Gasteiger partial charge < -0.3 is 14.6 Å². The lowest BCUT2D eigenvalue weighted by Gasteiger charge is -2.18. The van der Waals surface area contributed by atoms with Crippen molar-refractivity contribution >= 4 is 27.4 Å². The summed E-state index contributed by atoms with van der Waals surface area (Å²) in [5, 5.41) is 17.3. The van der Waals surface area contributed by atoms with Gasteiger partial charge in [-0.25, -0.2) is 8.42 Å². The molecule has 0 saturated heterocycles. The van der Waals surface area contributed by atoms with Gasteiger partial charge in [0.2, 0.25) is 10.0 Å². The first kappa shape index (κ1) is 21.3. The fourth-order valence-electron chi connectivity index (χ4n) is 2.38. The summed E-state index contributed by atoms with van der Waals surface area (Å²) in [6.45, 7) is 4.91. The zero-order valence-corrected chi connectivity index (χ0v) is 16.4. The molecule has 0 spiro atoms. The number of nitrogens with one attached hydrogen (secondary N) is 1. The van der Waals surface area contributed by atoms with E-state index in [1.165, 1.54) is 16.4 Å². The van der Waals surface area contributed by atoms with Crippen molar-refractivity contribution in [2.75, 3.05) is 25.0 Å². The van der Waals surface area contributed by atoms with Crippen molar-refractivity contribution in [2.24, 2.45) is 0 Å². The Labute approximate surface area is 161 Å². The smallest absolute Gasteiger partial charge is 0.312 e. The van der Waals surface area contributed by atoms with Crippen LogP contribution in [0.4, 0.5) is 11.5 Å². The SMILES string of the molecule is CCN(CC)S(=O)(=O)c1ccc(OCC(=O)Nc2cc(C)on2)c([N+](=O)[O-])c1. The molecule has 0 atom stereocenters. The van der Waals surface area contributed by atoms with Gasteiger partial charge in [-0.1, -0.05) is 19.0 Å². The van der Waals surface area contributed by atoms with Gasteiger partial charge >= 0.3 is 5.69 Å². The van der Waals surface area contributed by atoms with E-state index in [2.05, 4.69) is 10.5 Å². The second-order valence-electron chi connectivity index (χ2n) is 5.64. The lowest BCUT2D eigenvalue weighted by molar-refractivity contribution is -0.386. The third-order valence-corrected chi connectivity index (χ3v) is 5.77. The minimum absolute atomic E-state index is 0.182. The number of aromatic nitrogens is 1. The van der Waals surface area contributed by atoms with E-state index in [1.807, 2.05) is 0 Å². The molecule has 0 aliphatic carbocycles.